The van der Waals surface area contributed by atoms with Crippen LogP contribution in [0.25, 0.3) is 11.1 Å². The van der Waals surface area contributed by atoms with Crippen LogP contribution in [0.5, 0.6) is 5.75 Å². The topological polar surface area (TPSA) is 85.6 Å². The second-order valence-electron chi connectivity index (χ2n) is 7.21. The maximum absolute atomic E-state index is 12.1. The van der Waals surface area contributed by atoms with E-state index in [0.29, 0.717) is 13.2 Å². The summed E-state index contributed by atoms with van der Waals surface area (Å²) in [6, 6.07) is 5.87. The number of nitrogens with one attached hydrogen (secondary N) is 2. The van der Waals surface area contributed by atoms with Crippen molar-refractivity contribution in [3.8, 4) is 16.9 Å². The highest BCUT2D eigenvalue weighted by molar-refractivity contribution is 5.95. The fourth-order valence-electron chi connectivity index (χ4n) is 3.30. The third-order valence-corrected chi connectivity index (χ3v) is 4.94. The lowest BCUT2D eigenvalue weighted by Crippen LogP contribution is -2.44. The molecule has 27 heavy (non-hydrogen) atoms. The van der Waals surface area contributed by atoms with Crippen molar-refractivity contribution in [3.63, 3.8) is 0 Å². The Labute approximate surface area is 158 Å². The third kappa shape index (κ3) is 4.14. The quantitative estimate of drug-likeness (QED) is 0.812. The largest absolute Gasteiger partial charge is 0.491 e. The smallest absolute Gasteiger partial charge is 0.227 e. The van der Waals surface area contributed by atoms with E-state index in [9.17, 15) is 4.79 Å². The maximum atomic E-state index is 12.1. The van der Waals surface area contributed by atoms with Gasteiger partial charge in [0, 0.05) is 23.7 Å². The van der Waals surface area contributed by atoms with Gasteiger partial charge < -0.3 is 24.6 Å². The molecule has 2 N–H and O–H groups in total. The molecule has 2 heterocycles. The average molecular weight is 371 g/mol. The minimum Gasteiger partial charge on any atom is -0.491 e. The third-order valence-electron chi connectivity index (χ3n) is 4.94. The molecule has 1 amide bonds. The minimum absolute atomic E-state index is 0.0805. The molecule has 1 saturated heterocycles. The van der Waals surface area contributed by atoms with Gasteiger partial charge in [-0.15, -0.1) is 0 Å². The predicted molar refractivity (Wildman–Crippen MR) is 101 cm³/mol. The van der Waals surface area contributed by atoms with Crippen molar-refractivity contribution in [1.29, 1.82) is 0 Å². The molecule has 2 aromatic rings. The summed E-state index contributed by atoms with van der Waals surface area (Å²) in [6.45, 7) is 6.49. The van der Waals surface area contributed by atoms with Crippen LogP contribution >= 0.6 is 0 Å². The molecule has 1 aliphatic carbocycles. The Balaban J connectivity index is 1.59. The first-order valence-electron chi connectivity index (χ1n) is 9.44. The van der Waals surface area contributed by atoms with Crippen molar-refractivity contribution in [3.05, 3.63) is 29.7 Å². The summed E-state index contributed by atoms with van der Waals surface area (Å²) in [6.07, 6.45) is 1.94. The van der Waals surface area contributed by atoms with Crippen LogP contribution in [0.4, 0.5) is 5.69 Å². The van der Waals surface area contributed by atoms with Crippen molar-refractivity contribution < 1.29 is 18.8 Å². The number of carbonyl (C=O) groups excluding carboxylic acids is 1. The second-order valence-corrected chi connectivity index (χ2v) is 7.21. The number of morpholine rings is 1. The zero-order valence-corrected chi connectivity index (χ0v) is 15.7. The van der Waals surface area contributed by atoms with Gasteiger partial charge in [0.2, 0.25) is 5.91 Å². The maximum Gasteiger partial charge on any atom is 0.227 e. The van der Waals surface area contributed by atoms with Gasteiger partial charge in [-0.05, 0) is 44.9 Å². The van der Waals surface area contributed by atoms with Gasteiger partial charge in [0.1, 0.15) is 18.1 Å². The standard InChI is InChI=1S/C20H25N3O4/c1-12-19(13(2)27-23-12)17-9-15(22-20(24)14-3-4-14)5-6-18(17)26-11-16-10-25-8-7-21-16/h5-6,9,14,16,21H,3-4,7-8,10-11H2,1-2H3,(H,22,24)/t16-/m1/s1. The van der Waals surface area contributed by atoms with E-state index >= 15 is 0 Å². The van der Waals surface area contributed by atoms with E-state index in [1.54, 1.807) is 0 Å². The van der Waals surface area contributed by atoms with Crippen LogP contribution in [0.15, 0.2) is 22.7 Å². The summed E-state index contributed by atoms with van der Waals surface area (Å²) in [5, 5.41) is 10.4. The molecule has 7 nitrogen and oxygen atoms in total. The highest BCUT2D eigenvalue weighted by Gasteiger charge is 2.30. The molecule has 1 saturated carbocycles. The van der Waals surface area contributed by atoms with Gasteiger partial charge in [-0.3, -0.25) is 4.79 Å². The molecule has 1 aromatic carbocycles. The van der Waals surface area contributed by atoms with E-state index < -0.39 is 0 Å². The lowest BCUT2D eigenvalue weighted by molar-refractivity contribution is -0.117. The number of rotatable bonds is 6. The van der Waals surface area contributed by atoms with Crippen LogP contribution in [-0.4, -0.2) is 43.5 Å². The second kappa shape index (κ2) is 7.70. The number of aryl methyl sites for hydroxylation is 2. The van der Waals surface area contributed by atoms with Gasteiger partial charge in [0.15, 0.2) is 0 Å². The van der Waals surface area contributed by atoms with Gasteiger partial charge in [0.25, 0.3) is 0 Å². The van der Waals surface area contributed by atoms with Crippen LogP contribution in [0.3, 0.4) is 0 Å². The van der Waals surface area contributed by atoms with E-state index in [0.717, 1.165) is 60.0 Å². The Bertz CT molecular complexity index is 803. The van der Waals surface area contributed by atoms with E-state index in [4.69, 9.17) is 14.0 Å². The molecule has 1 atom stereocenters. The van der Waals surface area contributed by atoms with Crippen LogP contribution in [0, 0.1) is 19.8 Å². The number of carbonyl (C=O) groups is 1. The zero-order chi connectivity index (χ0) is 18.8. The van der Waals surface area contributed by atoms with Gasteiger partial charge in [0.05, 0.1) is 30.5 Å². The molecule has 1 aliphatic heterocycles. The summed E-state index contributed by atoms with van der Waals surface area (Å²) in [5.74, 6) is 1.70. The summed E-state index contributed by atoms with van der Waals surface area (Å²) in [5.41, 5.74) is 3.33. The molecule has 0 spiro atoms. The summed E-state index contributed by atoms with van der Waals surface area (Å²) in [7, 11) is 0. The average Bonchev–Trinajstić information content (AvgIpc) is 3.47. The van der Waals surface area contributed by atoms with Crippen LogP contribution in [0.1, 0.15) is 24.3 Å². The molecule has 144 valence electrons. The summed E-state index contributed by atoms with van der Waals surface area (Å²) < 4.78 is 16.9. The molecule has 0 bridgehead atoms. The van der Waals surface area contributed by atoms with Gasteiger partial charge >= 0.3 is 0 Å². The first-order chi connectivity index (χ1) is 13.1. The number of hydrogen-bond acceptors (Lipinski definition) is 6. The summed E-state index contributed by atoms with van der Waals surface area (Å²) >= 11 is 0. The summed E-state index contributed by atoms with van der Waals surface area (Å²) in [4.78, 5) is 12.1. The van der Waals surface area contributed by atoms with Crippen molar-refractivity contribution in [1.82, 2.24) is 10.5 Å². The van der Waals surface area contributed by atoms with Gasteiger partial charge in [-0.25, -0.2) is 0 Å². The molecular weight excluding hydrogens is 346 g/mol. The number of ether oxygens (including phenoxy) is 2. The number of aromatic nitrogens is 1. The molecule has 0 unspecified atom stereocenters. The number of anilines is 1. The van der Waals surface area contributed by atoms with Crippen LogP contribution in [-0.2, 0) is 9.53 Å². The van der Waals surface area contributed by atoms with Crippen molar-refractivity contribution >= 4 is 11.6 Å². The molecule has 4 rings (SSSR count). The van der Waals surface area contributed by atoms with Gasteiger partial charge in [-0.1, -0.05) is 5.16 Å². The molecule has 1 aromatic heterocycles. The predicted octanol–water partition coefficient (Wildman–Crippen LogP) is 2.67. The van der Waals surface area contributed by atoms with Crippen molar-refractivity contribution in [2.24, 2.45) is 5.92 Å². The first kappa shape index (κ1) is 18.0. The highest BCUT2D eigenvalue weighted by atomic mass is 16.5. The first-order valence-corrected chi connectivity index (χ1v) is 9.44. The molecular formula is C20H25N3O4. The molecule has 7 heteroatoms. The Morgan fingerprint density at radius 3 is 2.89 bits per heavy atom. The van der Waals surface area contributed by atoms with E-state index in [1.807, 2.05) is 32.0 Å². The SMILES string of the molecule is Cc1noc(C)c1-c1cc(NC(=O)C2CC2)ccc1OC[C@H]1COCCN1. The lowest BCUT2D eigenvalue weighted by atomic mass is 10.0. The number of nitrogens with zero attached hydrogens (tertiary/aromatic N) is 1. The van der Waals surface area contributed by atoms with E-state index in [1.165, 1.54) is 0 Å². The fraction of sp³-hybridized carbons (Fsp3) is 0.500. The molecule has 0 radical (unpaired) electrons. The van der Waals surface area contributed by atoms with Crippen molar-refractivity contribution in [2.75, 3.05) is 31.7 Å². The van der Waals surface area contributed by atoms with Crippen LogP contribution in [0.2, 0.25) is 0 Å². The van der Waals surface area contributed by atoms with E-state index in [2.05, 4.69) is 15.8 Å². The molecule has 2 aliphatic rings. The Hall–Kier alpha value is -2.38. The van der Waals surface area contributed by atoms with E-state index in [-0.39, 0.29) is 17.9 Å². The fourth-order valence-corrected chi connectivity index (χ4v) is 3.30. The van der Waals surface area contributed by atoms with Crippen LogP contribution < -0.4 is 15.4 Å². The minimum atomic E-state index is 0.0805. The normalized spacial score (nSPS) is 19.7. The highest BCUT2D eigenvalue weighted by Crippen LogP contribution is 2.37. The van der Waals surface area contributed by atoms with Crippen molar-refractivity contribution in [2.45, 2.75) is 32.7 Å². The monoisotopic (exact) mass is 371 g/mol. The lowest BCUT2D eigenvalue weighted by Gasteiger charge is -2.24. The number of benzene rings is 1. The number of amides is 1. The Kier molecular flexibility index (Phi) is 5.13. The zero-order valence-electron chi connectivity index (χ0n) is 15.7. The molecule has 2 fully saturated rings. The Morgan fingerprint density at radius 1 is 1.37 bits per heavy atom. The van der Waals surface area contributed by atoms with Gasteiger partial charge in [-0.2, -0.15) is 0 Å². The Morgan fingerprint density at radius 2 is 2.22 bits per heavy atom. The number of hydrogen-bond donors (Lipinski definition) is 2.